The number of sulfone groups is 2. The Balaban J connectivity index is 6.84. The summed E-state index contributed by atoms with van der Waals surface area (Å²) in [5.41, 5.74) is -12.3. The Bertz CT molecular complexity index is 585. The van der Waals surface area contributed by atoms with Crippen LogP contribution in [0, 0.1) is 0 Å². The standard InChI is InChI=1S/C8H15F6NO4S2Si/c1-6(2,22(3,4)15)5(20(16,17)7(9,10)11)21(18,19)8(12,13)14/h5H,15H2,1-4H3. The van der Waals surface area contributed by atoms with E-state index in [1.54, 1.807) is 0 Å². The second-order valence-electron chi connectivity index (χ2n) is 5.76. The average Bonchev–Trinajstić information content (AvgIpc) is 2.09. The molecule has 0 unspecified atom stereocenters. The number of nitrogens with two attached hydrogens (primary N) is 1. The van der Waals surface area contributed by atoms with Gasteiger partial charge in [-0.2, -0.15) is 26.3 Å². The monoisotopic (exact) mass is 395 g/mol. The lowest BCUT2D eigenvalue weighted by Crippen LogP contribution is -2.61. The molecule has 0 saturated carbocycles. The van der Waals surface area contributed by atoms with E-state index in [1.807, 2.05) is 0 Å². The molecule has 0 rings (SSSR count). The van der Waals surface area contributed by atoms with E-state index in [-0.39, 0.29) is 0 Å². The molecule has 0 saturated heterocycles. The summed E-state index contributed by atoms with van der Waals surface area (Å²) in [5, 5.41) is 3.11. The van der Waals surface area contributed by atoms with Crippen LogP contribution in [-0.2, 0) is 19.7 Å². The molecule has 0 amide bonds. The molecule has 0 aliphatic rings. The molecule has 0 aliphatic heterocycles. The highest BCUT2D eigenvalue weighted by molar-refractivity contribution is 8.10. The largest absolute Gasteiger partial charge is 0.498 e. The van der Waals surface area contributed by atoms with Gasteiger partial charge in [0, 0.05) is 5.04 Å². The Hall–Kier alpha value is -0.343. The molecule has 0 aromatic carbocycles. The number of hydrogen-bond donors (Lipinski definition) is 1. The first kappa shape index (κ1) is 21.7. The Kier molecular flexibility index (Phi) is 5.26. The lowest BCUT2D eigenvalue weighted by molar-refractivity contribution is -0.0476. The molecule has 0 radical (unpaired) electrons. The van der Waals surface area contributed by atoms with Crippen molar-refractivity contribution >= 4 is 27.9 Å². The molecule has 0 aromatic heterocycles. The third-order valence-electron chi connectivity index (χ3n) is 3.46. The molecular formula is C8H15F6NO4S2Si. The summed E-state index contributed by atoms with van der Waals surface area (Å²) < 4.78 is 118. The van der Waals surface area contributed by atoms with E-state index >= 15 is 0 Å². The van der Waals surface area contributed by atoms with Gasteiger partial charge in [-0.25, -0.2) is 16.8 Å². The zero-order valence-electron chi connectivity index (χ0n) is 11.9. The Morgan fingerprint density at radius 2 is 1.05 bits per heavy atom. The minimum atomic E-state index is -6.67. The molecule has 0 heterocycles. The van der Waals surface area contributed by atoms with Gasteiger partial charge in [0.25, 0.3) is 19.7 Å². The maximum Gasteiger partial charge on any atom is 0.498 e. The minimum Gasteiger partial charge on any atom is -0.351 e. The van der Waals surface area contributed by atoms with Gasteiger partial charge < -0.3 is 5.40 Å². The van der Waals surface area contributed by atoms with Crippen LogP contribution in [0.3, 0.4) is 0 Å². The molecule has 22 heavy (non-hydrogen) atoms. The third-order valence-corrected chi connectivity index (χ3v) is 12.6. The van der Waals surface area contributed by atoms with E-state index in [1.165, 1.54) is 0 Å². The van der Waals surface area contributed by atoms with Gasteiger partial charge in [0.2, 0.25) is 0 Å². The van der Waals surface area contributed by atoms with Gasteiger partial charge in [-0.15, -0.1) is 0 Å². The van der Waals surface area contributed by atoms with E-state index in [4.69, 9.17) is 5.40 Å². The number of hydrogen-bond acceptors (Lipinski definition) is 5. The summed E-state index contributed by atoms with van der Waals surface area (Å²) in [6.45, 7) is 3.49. The fourth-order valence-corrected chi connectivity index (χ4v) is 8.88. The van der Waals surface area contributed by atoms with Gasteiger partial charge in [-0.05, 0) is 0 Å². The van der Waals surface area contributed by atoms with Crippen molar-refractivity contribution < 1.29 is 43.2 Å². The molecule has 0 aliphatic carbocycles. The zero-order valence-corrected chi connectivity index (χ0v) is 14.5. The Morgan fingerprint density at radius 3 is 1.18 bits per heavy atom. The average molecular weight is 395 g/mol. The Morgan fingerprint density at radius 1 is 0.818 bits per heavy atom. The summed E-state index contributed by atoms with van der Waals surface area (Å²) in [6, 6.07) is 0. The van der Waals surface area contributed by atoms with Crippen LogP contribution >= 0.6 is 0 Å². The fourth-order valence-electron chi connectivity index (χ4n) is 1.49. The molecule has 0 bridgehead atoms. The smallest absolute Gasteiger partial charge is 0.351 e. The van der Waals surface area contributed by atoms with E-state index in [0.29, 0.717) is 13.8 Å². The van der Waals surface area contributed by atoms with Crippen LogP contribution in [0.1, 0.15) is 13.8 Å². The van der Waals surface area contributed by atoms with Gasteiger partial charge in [-0.3, -0.25) is 0 Å². The maximum atomic E-state index is 12.7. The topological polar surface area (TPSA) is 94.3 Å². The summed E-state index contributed by atoms with van der Waals surface area (Å²) in [7, 11) is -16.9. The second-order valence-corrected chi connectivity index (χ2v) is 14.8. The van der Waals surface area contributed by atoms with Gasteiger partial charge in [0.15, 0.2) is 4.58 Å². The van der Waals surface area contributed by atoms with Crippen LogP contribution in [0.4, 0.5) is 26.3 Å². The first-order valence-electron chi connectivity index (χ1n) is 5.51. The molecule has 14 heteroatoms. The van der Waals surface area contributed by atoms with Crippen LogP contribution in [0.25, 0.3) is 0 Å². The maximum absolute atomic E-state index is 12.7. The van der Waals surface area contributed by atoms with Crippen molar-refractivity contribution in [3.05, 3.63) is 0 Å². The highest BCUT2D eigenvalue weighted by Crippen LogP contribution is 2.50. The van der Waals surface area contributed by atoms with Crippen LogP contribution in [-0.4, -0.2) is 40.7 Å². The molecule has 2 N–H and O–H groups in total. The molecule has 5 nitrogen and oxygen atoms in total. The van der Waals surface area contributed by atoms with Crippen LogP contribution in [0.15, 0.2) is 0 Å². The van der Waals surface area contributed by atoms with Crippen molar-refractivity contribution in [2.75, 3.05) is 0 Å². The first-order chi connectivity index (χ1) is 9.12. The highest BCUT2D eigenvalue weighted by Gasteiger charge is 2.69. The van der Waals surface area contributed by atoms with E-state index in [9.17, 15) is 43.2 Å². The van der Waals surface area contributed by atoms with Crippen molar-refractivity contribution in [3.63, 3.8) is 0 Å². The van der Waals surface area contributed by atoms with Crippen molar-refractivity contribution in [1.29, 1.82) is 0 Å². The van der Waals surface area contributed by atoms with Crippen molar-refractivity contribution in [2.45, 2.75) is 47.6 Å². The number of rotatable bonds is 4. The van der Waals surface area contributed by atoms with Gasteiger partial charge in [0.05, 0.1) is 0 Å². The van der Waals surface area contributed by atoms with Crippen molar-refractivity contribution in [1.82, 2.24) is 0 Å². The minimum absolute atomic E-state index is 0.677. The fraction of sp³-hybridized carbons (Fsp3) is 1.00. The number of halogens is 6. The molecule has 0 aromatic rings. The molecule has 0 spiro atoms. The highest BCUT2D eigenvalue weighted by atomic mass is 32.3. The predicted octanol–water partition coefficient (Wildman–Crippen LogP) is 2.13. The van der Waals surface area contributed by atoms with Crippen LogP contribution in [0.2, 0.25) is 18.1 Å². The summed E-state index contributed by atoms with van der Waals surface area (Å²) in [6.07, 6.45) is 0. The van der Waals surface area contributed by atoms with Crippen molar-refractivity contribution in [3.8, 4) is 0 Å². The SMILES string of the molecule is CC(C)(C(S(=O)(=O)C(F)(F)F)S(=O)(=O)C(F)(F)F)[Si](C)(C)N. The molecule has 0 fully saturated rings. The van der Waals surface area contributed by atoms with Gasteiger partial charge in [0.1, 0.15) is 8.24 Å². The quantitative estimate of drug-likeness (QED) is 0.581. The van der Waals surface area contributed by atoms with E-state index in [2.05, 4.69) is 0 Å². The number of alkyl halides is 6. The van der Waals surface area contributed by atoms with E-state index < -0.39 is 48.5 Å². The van der Waals surface area contributed by atoms with Crippen LogP contribution in [0.5, 0.6) is 0 Å². The van der Waals surface area contributed by atoms with Crippen molar-refractivity contribution in [2.24, 2.45) is 5.40 Å². The zero-order chi connectivity index (χ0) is 18.6. The lowest BCUT2D eigenvalue weighted by atomic mass is 10.2. The summed E-state index contributed by atoms with van der Waals surface area (Å²) >= 11 is 0. The summed E-state index contributed by atoms with van der Waals surface area (Å²) in [5.74, 6) is 0. The Labute approximate surface area is 124 Å². The molecule has 0 atom stereocenters. The summed E-state index contributed by atoms with van der Waals surface area (Å²) in [4.78, 5) is 0. The second kappa shape index (κ2) is 5.34. The third kappa shape index (κ3) is 3.43. The first-order valence-corrected chi connectivity index (χ1v) is 11.7. The molecule has 134 valence electrons. The van der Waals surface area contributed by atoms with Gasteiger partial charge in [-0.1, -0.05) is 26.9 Å². The van der Waals surface area contributed by atoms with E-state index in [0.717, 1.165) is 13.1 Å². The lowest BCUT2D eigenvalue weighted by Gasteiger charge is -2.41. The van der Waals surface area contributed by atoms with Gasteiger partial charge >= 0.3 is 11.0 Å². The molecular weight excluding hydrogens is 380 g/mol. The normalized spacial score (nSPS) is 16.2. The predicted molar refractivity (Wildman–Crippen MR) is 69.4 cm³/mol. The van der Waals surface area contributed by atoms with Crippen LogP contribution < -0.4 is 5.40 Å².